The van der Waals surface area contributed by atoms with Crippen LogP contribution in [0.3, 0.4) is 0 Å². The average Bonchev–Trinajstić information content (AvgIpc) is 2.72. The number of fused-ring (bicyclic) bond motifs is 1. The van der Waals surface area contributed by atoms with Crippen molar-refractivity contribution in [3.05, 3.63) is 71.8 Å². The summed E-state index contributed by atoms with van der Waals surface area (Å²) >= 11 is 0. The molecule has 4 heteroatoms. The monoisotopic (exact) mass is 383 g/mol. The van der Waals surface area contributed by atoms with Crippen LogP contribution in [0.4, 0.5) is 5.69 Å². The lowest BCUT2D eigenvalue weighted by atomic mass is 9.76. The molecule has 1 aliphatic heterocycles. The van der Waals surface area contributed by atoms with Gasteiger partial charge >= 0.3 is 7.12 Å². The summed E-state index contributed by atoms with van der Waals surface area (Å²) in [7, 11) is 3.85. The van der Waals surface area contributed by atoms with Gasteiger partial charge in [-0.25, -0.2) is 0 Å². The Bertz CT molecular complexity index is 1070. The Kier molecular flexibility index (Phi) is 5.36. The van der Waals surface area contributed by atoms with Crippen LogP contribution in [0.2, 0.25) is 0 Å². The predicted molar refractivity (Wildman–Crippen MR) is 122 cm³/mol. The smallest absolute Gasteiger partial charge is 0.407 e. The summed E-state index contributed by atoms with van der Waals surface area (Å²) in [5.41, 5.74) is 4.33. The minimum Gasteiger partial charge on any atom is -0.407 e. The van der Waals surface area contributed by atoms with Crippen LogP contribution in [0, 0.1) is 17.3 Å². The summed E-state index contributed by atoms with van der Waals surface area (Å²) in [6.45, 7) is 5.71. The molecule has 1 heterocycles. The zero-order valence-corrected chi connectivity index (χ0v) is 17.5. The second-order valence-corrected chi connectivity index (χ2v) is 8.56. The van der Waals surface area contributed by atoms with Crippen molar-refractivity contribution in [1.82, 2.24) is 0 Å². The standard InChI is InChI=1S/C25H26BNO2/c1-25(2)17-28-26(29-18-25)21-14-10-19(11-15-21)9-12-20-13-16-24(27(3)4)23-8-6-5-7-22(20)23/h5-8,10-11,13-16H,17-18H2,1-4H3. The van der Waals surface area contributed by atoms with Crippen molar-refractivity contribution in [3.63, 3.8) is 0 Å². The van der Waals surface area contributed by atoms with Crippen molar-refractivity contribution >= 4 is 29.0 Å². The molecule has 0 radical (unpaired) electrons. The zero-order valence-electron chi connectivity index (χ0n) is 17.5. The third-order valence-electron chi connectivity index (χ3n) is 5.16. The van der Waals surface area contributed by atoms with E-state index in [4.69, 9.17) is 9.31 Å². The van der Waals surface area contributed by atoms with Gasteiger partial charge in [0.15, 0.2) is 0 Å². The molecule has 0 atom stereocenters. The molecule has 1 fully saturated rings. The minimum atomic E-state index is -0.285. The third kappa shape index (κ3) is 4.32. The van der Waals surface area contributed by atoms with Gasteiger partial charge in [-0.15, -0.1) is 0 Å². The highest BCUT2D eigenvalue weighted by Crippen LogP contribution is 2.28. The number of hydrogen-bond acceptors (Lipinski definition) is 3. The lowest BCUT2D eigenvalue weighted by Gasteiger charge is -2.33. The maximum atomic E-state index is 5.86. The normalized spacial score (nSPS) is 15.7. The fourth-order valence-corrected chi connectivity index (χ4v) is 3.53. The molecule has 146 valence electrons. The van der Waals surface area contributed by atoms with Gasteiger partial charge in [0.05, 0.1) is 0 Å². The van der Waals surface area contributed by atoms with Crippen molar-refractivity contribution in [1.29, 1.82) is 0 Å². The highest BCUT2D eigenvalue weighted by Gasteiger charge is 2.33. The molecule has 29 heavy (non-hydrogen) atoms. The van der Waals surface area contributed by atoms with E-state index < -0.39 is 0 Å². The lowest BCUT2D eigenvalue weighted by Crippen LogP contribution is -2.47. The molecule has 3 aromatic carbocycles. The van der Waals surface area contributed by atoms with Crippen molar-refractivity contribution in [2.75, 3.05) is 32.2 Å². The van der Waals surface area contributed by atoms with Crippen molar-refractivity contribution in [2.45, 2.75) is 13.8 Å². The topological polar surface area (TPSA) is 21.7 Å². The molecule has 3 aromatic rings. The molecule has 0 aliphatic carbocycles. The summed E-state index contributed by atoms with van der Waals surface area (Å²) in [5.74, 6) is 6.65. The molecular formula is C25H26BNO2. The van der Waals surface area contributed by atoms with Crippen LogP contribution in [0.1, 0.15) is 25.0 Å². The van der Waals surface area contributed by atoms with E-state index in [1.807, 2.05) is 24.3 Å². The van der Waals surface area contributed by atoms with Gasteiger partial charge in [-0.3, -0.25) is 0 Å². The molecule has 3 nitrogen and oxygen atoms in total. The first-order valence-corrected chi connectivity index (χ1v) is 9.97. The molecule has 0 bridgehead atoms. The van der Waals surface area contributed by atoms with Gasteiger partial charge in [0.25, 0.3) is 0 Å². The fourth-order valence-electron chi connectivity index (χ4n) is 3.53. The van der Waals surface area contributed by atoms with E-state index in [-0.39, 0.29) is 12.5 Å². The maximum Gasteiger partial charge on any atom is 0.493 e. The van der Waals surface area contributed by atoms with Crippen LogP contribution >= 0.6 is 0 Å². The maximum absolute atomic E-state index is 5.86. The van der Waals surface area contributed by atoms with Gasteiger partial charge in [0, 0.05) is 54.9 Å². The van der Waals surface area contributed by atoms with Gasteiger partial charge in [-0.1, -0.05) is 62.1 Å². The van der Waals surface area contributed by atoms with E-state index in [2.05, 4.69) is 81.1 Å². The highest BCUT2D eigenvalue weighted by molar-refractivity contribution is 6.61. The molecule has 0 spiro atoms. The molecule has 1 saturated heterocycles. The fraction of sp³-hybridized carbons (Fsp3) is 0.280. The number of rotatable bonds is 2. The highest BCUT2D eigenvalue weighted by atomic mass is 16.6. The minimum absolute atomic E-state index is 0.0762. The quantitative estimate of drug-likeness (QED) is 0.492. The second-order valence-electron chi connectivity index (χ2n) is 8.56. The van der Waals surface area contributed by atoms with Crippen LogP contribution in [0.25, 0.3) is 10.8 Å². The zero-order chi connectivity index (χ0) is 20.4. The first-order valence-electron chi connectivity index (χ1n) is 9.97. The van der Waals surface area contributed by atoms with E-state index in [9.17, 15) is 0 Å². The Morgan fingerprint density at radius 3 is 2.14 bits per heavy atom. The number of benzene rings is 3. The van der Waals surface area contributed by atoms with E-state index in [1.54, 1.807) is 0 Å². The molecule has 1 aliphatic rings. The molecule has 4 rings (SSSR count). The van der Waals surface area contributed by atoms with Crippen molar-refractivity contribution in [3.8, 4) is 11.8 Å². The Hall–Kier alpha value is -2.74. The lowest BCUT2D eigenvalue weighted by molar-refractivity contribution is 0.0343. The molecule has 0 saturated carbocycles. The molecule has 0 aromatic heterocycles. The van der Waals surface area contributed by atoms with E-state index >= 15 is 0 Å². The average molecular weight is 383 g/mol. The molecule has 0 amide bonds. The summed E-state index contributed by atoms with van der Waals surface area (Å²) in [5, 5.41) is 2.39. The summed E-state index contributed by atoms with van der Waals surface area (Å²) in [4.78, 5) is 2.13. The first kappa shape index (κ1) is 19.6. The summed E-state index contributed by atoms with van der Waals surface area (Å²) < 4.78 is 11.7. The number of hydrogen-bond donors (Lipinski definition) is 0. The number of nitrogens with zero attached hydrogens (tertiary/aromatic N) is 1. The Morgan fingerprint density at radius 1 is 0.828 bits per heavy atom. The van der Waals surface area contributed by atoms with E-state index in [0.717, 1.165) is 16.6 Å². The first-order chi connectivity index (χ1) is 13.9. The summed E-state index contributed by atoms with van der Waals surface area (Å²) in [6.07, 6.45) is 0. The van der Waals surface area contributed by atoms with Gasteiger partial charge in [0.1, 0.15) is 0 Å². The Labute approximate surface area is 173 Å². The Balaban J connectivity index is 1.56. The molecule has 0 unspecified atom stereocenters. The van der Waals surface area contributed by atoms with Crippen LogP contribution in [-0.2, 0) is 9.31 Å². The van der Waals surface area contributed by atoms with Gasteiger partial charge < -0.3 is 14.2 Å². The van der Waals surface area contributed by atoms with Crippen molar-refractivity contribution in [2.24, 2.45) is 5.41 Å². The third-order valence-corrected chi connectivity index (χ3v) is 5.16. The van der Waals surface area contributed by atoms with Gasteiger partial charge in [0.2, 0.25) is 0 Å². The largest absolute Gasteiger partial charge is 0.493 e. The van der Waals surface area contributed by atoms with Gasteiger partial charge in [-0.05, 0) is 35.1 Å². The molecule has 0 N–H and O–H groups in total. The van der Waals surface area contributed by atoms with Crippen LogP contribution in [0.15, 0.2) is 60.7 Å². The van der Waals surface area contributed by atoms with Crippen LogP contribution in [-0.4, -0.2) is 34.4 Å². The summed E-state index contributed by atoms with van der Waals surface area (Å²) in [6, 6.07) is 20.8. The Morgan fingerprint density at radius 2 is 1.48 bits per heavy atom. The van der Waals surface area contributed by atoms with Crippen LogP contribution < -0.4 is 10.4 Å². The van der Waals surface area contributed by atoms with E-state index in [1.165, 1.54) is 16.5 Å². The van der Waals surface area contributed by atoms with Crippen molar-refractivity contribution < 1.29 is 9.31 Å². The predicted octanol–water partition coefficient (Wildman–Crippen LogP) is 4.07. The molecular weight excluding hydrogens is 357 g/mol. The second kappa shape index (κ2) is 7.95. The number of anilines is 1. The van der Waals surface area contributed by atoms with Crippen LogP contribution in [0.5, 0.6) is 0 Å². The van der Waals surface area contributed by atoms with E-state index in [0.29, 0.717) is 13.2 Å². The van der Waals surface area contributed by atoms with Gasteiger partial charge in [-0.2, -0.15) is 0 Å². The SMILES string of the molecule is CN(C)c1ccc(C#Cc2ccc(B3OCC(C)(C)CO3)cc2)c2ccccc12.